The molecule has 0 atom stereocenters. The molecule has 0 aliphatic heterocycles. The number of aryl methyl sites for hydroxylation is 3. The Morgan fingerprint density at radius 2 is 1.68 bits per heavy atom. The predicted molar refractivity (Wildman–Crippen MR) is 122 cm³/mol. The largest absolute Gasteiger partial charge is 0.492 e. The molecule has 3 rings (SSSR count). The number of ether oxygens (including phenoxy) is 1. The van der Waals surface area contributed by atoms with Gasteiger partial charge < -0.3 is 10.1 Å². The van der Waals surface area contributed by atoms with E-state index in [1.807, 2.05) is 50.2 Å². The van der Waals surface area contributed by atoms with Crippen molar-refractivity contribution in [3.05, 3.63) is 89.0 Å². The Kier molecular flexibility index (Phi) is 6.97. The van der Waals surface area contributed by atoms with E-state index in [4.69, 9.17) is 4.74 Å². The highest BCUT2D eigenvalue weighted by Gasteiger charge is 2.20. The number of rotatable bonds is 8. The molecule has 0 aromatic heterocycles. The number of benzene rings is 3. The summed E-state index contributed by atoms with van der Waals surface area (Å²) in [5.41, 5.74) is 3.23. The second kappa shape index (κ2) is 9.66. The van der Waals surface area contributed by atoms with E-state index >= 15 is 0 Å². The van der Waals surface area contributed by atoms with Crippen LogP contribution in [0, 0.1) is 20.8 Å². The summed E-state index contributed by atoms with van der Waals surface area (Å²) >= 11 is 0. The Hall–Kier alpha value is -3.32. The fourth-order valence-corrected chi connectivity index (χ4v) is 4.46. The first-order chi connectivity index (χ1) is 14.8. The Bertz CT molecular complexity index is 1190. The van der Waals surface area contributed by atoms with Crippen molar-refractivity contribution >= 4 is 21.6 Å². The van der Waals surface area contributed by atoms with Crippen molar-refractivity contribution in [1.29, 1.82) is 0 Å². The van der Waals surface area contributed by atoms with Gasteiger partial charge >= 0.3 is 0 Å². The first-order valence-corrected chi connectivity index (χ1v) is 11.4. The van der Waals surface area contributed by atoms with Crippen LogP contribution in [0.3, 0.4) is 0 Å². The maximum absolute atomic E-state index is 12.9. The number of carbonyl (C=O) groups excluding carboxylic acids is 1. The van der Waals surface area contributed by atoms with E-state index < -0.39 is 10.0 Å². The van der Waals surface area contributed by atoms with Gasteiger partial charge in [0.25, 0.3) is 15.9 Å². The molecule has 0 aliphatic carbocycles. The van der Waals surface area contributed by atoms with Crippen LogP contribution in [0.25, 0.3) is 0 Å². The molecule has 0 saturated heterocycles. The van der Waals surface area contributed by atoms with Crippen LogP contribution in [0.1, 0.15) is 27.0 Å². The Balaban J connectivity index is 1.66. The summed E-state index contributed by atoms with van der Waals surface area (Å²) in [7, 11) is -3.84. The van der Waals surface area contributed by atoms with Gasteiger partial charge in [0.2, 0.25) is 0 Å². The van der Waals surface area contributed by atoms with E-state index in [0.717, 1.165) is 16.9 Å². The zero-order chi connectivity index (χ0) is 22.4. The lowest BCUT2D eigenvalue weighted by Gasteiger charge is -2.14. The van der Waals surface area contributed by atoms with Gasteiger partial charge in [0.15, 0.2) is 0 Å². The van der Waals surface area contributed by atoms with Crippen molar-refractivity contribution < 1.29 is 17.9 Å². The molecule has 0 aliphatic rings. The predicted octanol–water partition coefficient (Wildman–Crippen LogP) is 4.22. The Morgan fingerprint density at radius 1 is 0.903 bits per heavy atom. The number of sulfonamides is 1. The molecule has 2 N–H and O–H groups in total. The quantitative estimate of drug-likeness (QED) is 0.516. The minimum Gasteiger partial charge on any atom is -0.492 e. The minimum absolute atomic E-state index is 0.0689. The van der Waals surface area contributed by atoms with E-state index in [9.17, 15) is 13.2 Å². The van der Waals surface area contributed by atoms with Gasteiger partial charge in [0.1, 0.15) is 12.4 Å². The summed E-state index contributed by atoms with van der Waals surface area (Å²) in [6, 6.07) is 19.4. The Labute approximate surface area is 183 Å². The third kappa shape index (κ3) is 5.86. The number of hydrogen-bond donors (Lipinski definition) is 2. The number of hydrogen-bond acceptors (Lipinski definition) is 4. The van der Waals surface area contributed by atoms with Crippen LogP contribution in [0.4, 0.5) is 5.69 Å². The molecule has 3 aromatic rings. The van der Waals surface area contributed by atoms with E-state index in [-0.39, 0.29) is 16.4 Å². The summed E-state index contributed by atoms with van der Waals surface area (Å²) in [6.45, 7) is 6.11. The summed E-state index contributed by atoms with van der Waals surface area (Å²) in [6.07, 6.45) is 0. The van der Waals surface area contributed by atoms with Crippen molar-refractivity contribution in [2.75, 3.05) is 17.9 Å². The highest BCUT2D eigenvalue weighted by Crippen LogP contribution is 2.22. The lowest BCUT2D eigenvalue weighted by molar-refractivity contribution is 0.0946. The fourth-order valence-electron chi connectivity index (χ4n) is 3.06. The van der Waals surface area contributed by atoms with Crippen molar-refractivity contribution in [2.45, 2.75) is 25.7 Å². The van der Waals surface area contributed by atoms with Gasteiger partial charge in [-0.15, -0.1) is 0 Å². The van der Waals surface area contributed by atoms with Gasteiger partial charge in [-0.3, -0.25) is 9.52 Å². The monoisotopic (exact) mass is 438 g/mol. The lowest BCUT2D eigenvalue weighted by Crippen LogP contribution is -2.28. The molecule has 31 heavy (non-hydrogen) atoms. The second-order valence-electron chi connectivity index (χ2n) is 7.32. The lowest BCUT2D eigenvalue weighted by atomic mass is 10.1. The van der Waals surface area contributed by atoms with Gasteiger partial charge in [-0.05, 0) is 67.8 Å². The molecular formula is C24H26N2O4S. The molecule has 0 radical (unpaired) electrons. The molecule has 6 nitrogen and oxygen atoms in total. The Morgan fingerprint density at radius 3 is 2.42 bits per heavy atom. The smallest absolute Gasteiger partial charge is 0.262 e. The molecule has 0 bridgehead atoms. The molecule has 7 heteroatoms. The third-order valence-corrected chi connectivity index (χ3v) is 6.28. The van der Waals surface area contributed by atoms with Gasteiger partial charge in [-0.25, -0.2) is 8.42 Å². The number of carbonyl (C=O) groups is 1. The van der Waals surface area contributed by atoms with Crippen LogP contribution in [0.5, 0.6) is 5.75 Å². The molecular weight excluding hydrogens is 412 g/mol. The molecule has 0 unspecified atom stereocenters. The molecule has 0 fully saturated rings. The van der Waals surface area contributed by atoms with Gasteiger partial charge in [0.05, 0.1) is 17.1 Å². The first-order valence-electron chi connectivity index (χ1n) is 9.93. The number of nitrogens with one attached hydrogen (secondary N) is 2. The molecule has 3 aromatic carbocycles. The molecule has 0 saturated carbocycles. The molecule has 0 heterocycles. The van der Waals surface area contributed by atoms with Crippen LogP contribution < -0.4 is 14.8 Å². The van der Waals surface area contributed by atoms with E-state index in [2.05, 4.69) is 10.0 Å². The number of amides is 1. The van der Waals surface area contributed by atoms with E-state index in [0.29, 0.717) is 24.4 Å². The van der Waals surface area contributed by atoms with Crippen molar-refractivity contribution in [3.8, 4) is 5.75 Å². The zero-order valence-corrected chi connectivity index (χ0v) is 18.6. The standard InChI is InChI=1S/C24H26N2O4S/c1-17-7-6-9-21(15-17)30-14-13-25-24(27)20-12-11-19(3)23(16-20)31(28,29)26-22-10-5-4-8-18(22)2/h4-12,15-16,26H,13-14H2,1-3H3,(H,25,27). The SMILES string of the molecule is Cc1cccc(OCCNC(=O)c2ccc(C)c(S(=O)(=O)Nc3ccccc3C)c2)c1. The summed E-state index contributed by atoms with van der Waals surface area (Å²) in [4.78, 5) is 12.6. The van der Waals surface area contributed by atoms with Gasteiger partial charge in [0, 0.05) is 5.56 Å². The number of anilines is 1. The van der Waals surface area contributed by atoms with Crippen LogP contribution in [0.2, 0.25) is 0 Å². The van der Waals surface area contributed by atoms with Crippen molar-refractivity contribution in [1.82, 2.24) is 5.32 Å². The summed E-state index contributed by atoms with van der Waals surface area (Å²) in [5, 5.41) is 2.76. The van der Waals surface area contributed by atoms with Crippen molar-refractivity contribution in [2.24, 2.45) is 0 Å². The molecule has 1 amide bonds. The summed E-state index contributed by atoms with van der Waals surface area (Å²) < 4.78 is 34.1. The third-order valence-electron chi connectivity index (χ3n) is 4.78. The minimum atomic E-state index is -3.84. The topological polar surface area (TPSA) is 84.5 Å². The van der Waals surface area contributed by atoms with Crippen LogP contribution >= 0.6 is 0 Å². The average Bonchev–Trinajstić information content (AvgIpc) is 2.73. The highest BCUT2D eigenvalue weighted by atomic mass is 32.2. The molecule has 162 valence electrons. The van der Waals surface area contributed by atoms with Gasteiger partial charge in [-0.1, -0.05) is 36.4 Å². The number of para-hydroxylation sites is 1. The summed E-state index contributed by atoms with van der Waals surface area (Å²) in [5.74, 6) is 0.375. The van der Waals surface area contributed by atoms with E-state index in [1.54, 1.807) is 31.2 Å². The van der Waals surface area contributed by atoms with E-state index in [1.165, 1.54) is 6.07 Å². The average molecular weight is 439 g/mol. The van der Waals surface area contributed by atoms with Crippen molar-refractivity contribution in [3.63, 3.8) is 0 Å². The second-order valence-corrected chi connectivity index (χ2v) is 8.97. The van der Waals surface area contributed by atoms with Gasteiger partial charge in [-0.2, -0.15) is 0 Å². The maximum Gasteiger partial charge on any atom is 0.262 e. The highest BCUT2D eigenvalue weighted by molar-refractivity contribution is 7.92. The zero-order valence-electron chi connectivity index (χ0n) is 17.8. The normalized spacial score (nSPS) is 11.1. The molecule has 0 spiro atoms. The fraction of sp³-hybridized carbons (Fsp3) is 0.208. The van der Waals surface area contributed by atoms with Crippen LogP contribution in [-0.4, -0.2) is 27.5 Å². The van der Waals surface area contributed by atoms with Crippen LogP contribution in [0.15, 0.2) is 71.6 Å². The first kappa shape index (κ1) is 22.4. The maximum atomic E-state index is 12.9. The van der Waals surface area contributed by atoms with Crippen LogP contribution in [-0.2, 0) is 10.0 Å².